The van der Waals surface area contributed by atoms with Crippen molar-refractivity contribution in [2.45, 2.75) is 19.4 Å². The van der Waals surface area contributed by atoms with Crippen LogP contribution in [0, 0.1) is 6.92 Å². The van der Waals surface area contributed by atoms with Crippen molar-refractivity contribution in [2.24, 2.45) is 0 Å². The molecule has 1 amide bonds. The summed E-state index contributed by atoms with van der Waals surface area (Å²) in [6.45, 7) is 2.93. The highest BCUT2D eigenvalue weighted by atomic mass is 32.1. The fourth-order valence-electron chi connectivity index (χ4n) is 2.45. The van der Waals surface area contributed by atoms with E-state index in [2.05, 4.69) is 10.3 Å². The molecule has 0 saturated carbocycles. The number of hydrogen-bond acceptors (Lipinski definition) is 7. The summed E-state index contributed by atoms with van der Waals surface area (Å²) in [5.41, 5.74) is -0.267. The Morgan fingerprint density at radius 2 is 1.89 bits per heavy atom. The van der Waals surface area contributed by atoms with E-state index in [0.717, 1.165) is 5.56 Å². The van der Waals surface area contributed by atoms with Gasteiger partial charge in [0.1, 0.15) is 9.88 Å². The minimum absolute atomic E-state index is 0.158. The van der Waals surface area contributed by atoms with Crippen LogP contribution in [0.1, 0.15) is 22.3 Å². The third-order valence-electron chi connectivity index (χ3n) is 3.93. The number of carbonyl (C=O) groups excluding carboxylic acids is 1. The van der Waals surface area contributed by atoms with Gasteiger partial charge in [-0.15, -0.1) is 11.3 Å². The van der Waals surface area contributed by atoms with Crippen LogP contribution in [-0.4, -0.2) is 55.4 Å². The summed E-state index contributed by atoms with van der Waals surface area (Å²) in [5.74, 6) is -0.560. The van der Waals surface area contributed by atoms with Gasteiger partial charge >= 0.3 is 5.97 Å². The van der Waals surface area contributed by atoms with Crippen molar-refractivity contribution in [3.05, 3.63) is 28.8 Å². The maximum atomic E-state index is 12.6. The van der Waals surface area contributed by atoms with Crippen LogP contribution in [0.3, 0.4) is 0 Å². The second-order valence-corrected chi connectivity index (χ2v) is 7.03. The van der Waals surface area contributed by atoms with Gasteiger partial charge in [-0.1, -0.05) is 0 Å². The zero-order valence-electron chi connectivity index (χ0n) is 15.8. The fraction of sp³-hybridized carbons (Fsp3) is 0.389. The SMILES string of the molecule is COCC(C)(NC(=O)c1sc(-c2ccc(OC)c(OC)c2)nc1C)C(=O)O. The number of methoxy groups -OCH3 is 3. The first-order valence-corrected chi connectivity index (χ1v) is 8.82. The van der Waals surface area contributed by atoms with Crippen LogP contribution in [0.4, 0.5) is 0 Å². The Hall–Kier alpha value is -2.65. The van der Waals surface area contributed by atoms with Crippen LogP contribution in [0.2, 0.25) is 0 Å². The van der Waals surface area contributed by atoms with Crippen molar-refractivity contribution in [1.82, 2.24) is 10.3 Å². The molecule has 1 heterocycles. The molecule has 146 valence electrons. The molecule has 9 heteroatoms. The second kappa shape index (κ2) is 8.36. The predicted molar refractivity (Wildman–Crippen MR) is 101 cm³/mol. The summed E-state index contributed by atoms with van der Waals surface area (Å²) in [7, 11) is 4.46. The number of carbonyl (C=O) groups is 2. The highest BCUT2D eigenvalue weighted by Crippen LogP contribution is 2.35. The number of benzene rings is 1. The van der Waals surface area contributed by atoms with Gasteiger partial charge in [0.15, 0.2) is 17.0 Å². The van der Waals surface area contributed by atoms with Gasteiger partial charge in [0, 0.05) is 12.7 Å². The summed E-state index contributed by atoms with van der Waals surface area (Å²) in [6.07, 6.45) is 0. The first-order valence-electron chi connectivity index (χ1n) is 8.00. The van der Waals surface area contributed by atoms with E-state index in [4.69, 9.17) is 14.2 Å². The van der Waals surface area contributed by atoms with Crippen molar-refractivity contribution >= 4 is 23.2 Å². The molecule has 8 nitrogen and oxygen atoms in total. The number of aliphatic carboxylic acids is 1. The highest BCUT2D eigenvalue weighted by Gasteiger charge is 2.36. The van der Waals surface area contributed by atoms with Gasteiger partial charge in [0.25, 0.3) is 5.91 Å². The monoisotopic (exact) mass is 394 g/mol. The highest BCUT2D eigenvalue weighted by molar-refractivity contribution is 7.17. The van der Waals surface area contributed by atoms with E-state index >= 15 is 0 Å². The van der Waals surface area contributed by atoms with E-state index in [1.807, 2.05) is 6.07 Å². The van der Waals surface area contributed by atoms with Gasteiger partial charge in [0.05, 0.1) is 26.5 Å². The lowest BCUT2D eigenvalue weighted by atomic mass is 10.0. The first kappa shape index (κ1) is 20.7. The van der Waals surface area contributed by atoms with Gasteiger partial charge in [-0.2, -0.15) is 0 Å². The predicted octanol–water partition coefficient (Wildman–Crippen LogP) is 2.36. The molecule has 2 N–H and O–H groups in total. The minimum atomic E-state index is -1.54. The van der Waals surface area contributed by atoms with Crippen LogP contribution in [-0.2, 0) is 9.53 Å². The van der Waals surface area contributed by atoms with Crippen molar-refractivity contribution in [1.29, 1.82) is 0 Å². The topological polar surface area (TPSA) is 107 Å². The van der Waals surface area contributed by atoms with Gasteiger partial charge < -0.3 is 24.6 Å². The van der Waals surface area contributed by atoms with Crippen LogP contribution in [0.5, 0.6) is 11.5 Å². The van der Waals surface area contributed by atoms with Crippen LogP contribution < -0.4 is 14.8 Å². The minimum Gasteiger partial charge on any atom is -0.493 e. The zero-order valence-corrected chi connectivity index (χ0v) is 16.6. The summed E-state index contributed by atoms with van der Waals surface area (Å²) >= 11 is 1.17. The maximum absolute atomic E-state index is 12.6. The van der Waals surface area contributed by atoms with Gasteiger partial charge in [-0.25, -0.2) is 9.78 Å². The molecule has 0 radical (unpaired) electrons. The Morgan fingerprint density at radius 1 is 1.22 bits per heavy atom. The van der Waals surface area contributed by atoms with Gasteiger partial charge in [-0.3, -0.25) is 4.79 Å². The average Bonchev–Trinajstić information content (AvgIpc) is 3.03. The summed E-state index contributed by atoms with van der Waals surface area (Å²) < 4.78 is 15.4. The lowest BCUT2D eigenvalue weighted by molar-refractivity contribution is -0.145. The van der Waals surface area contributed by atoms with E-state index in [9.17, 15) is 14.7 Å². The molecule has 0 spiro atoms. The lowest BCUT2D eigenvalue weighted by Gasteiger charge is -2.24. The Bertz CT molecular complexity index is 850. The molecule has 1 unspecified atom stereocenters. The molecule has 2 aromatic rings. The Balaban J connectivity index is 2.33. The van der Waals surface area contributed by atoms with E-state index in [-0.39, 0.29) is 6.61 Å². The summed E-state index contributed by atoms with van der Waals surface area (Å²) in [5, 5.41) is 12.5. The molecular formula is C18H22N2O6S. The number of nitrogens with zero attached hydrogens (tertiary/aromatic N) is 1. The van der Waals surface area contributed by atoms with E-state index in [0.29, 0.717) is 27.1 Å². The Labute approximate surface area is 161 Å². The fourth-order valence-corrected chi connectivity index (χ4v) is 3.40. The van der Waals surface area contributed by atoms with Crippen LogP contribution in [0.15, 0.2) is 18.2 Å². The number of aryl methyl sites for hydroxylation is 1. The van der Waals surface area contributed by atoms with E-state index < -0.39 is 17.4 Å². The number of nitrogens with one attached hydrogen (secondary N) is 1. The molecular weight excluding hydrogens is 372 g/mol. The third kappa shape index (κ3) is 4.37. The molecule has 1 aromatic heterocycles. The third-order valence-corrected chi connectivity index (χ3v) is 5.13. The molecule has 0 saturated heterocycles. The molecule has 0 aliphatic carbocycles. The standard InChI is InChI=1S/C18H22N2O6S/c1-10-14(15(21)20-18(2,9-24-3)17(22)23)27-16(19-10)11-6-7-12(25-4)13(8-11)26-5/h6-8H,9H2,1-5H3,(H,20,21)(H,22,23). The number of carboxylic acids is 1. The van der Waals surface area contributed by atoms with E-state index in [1.165, 1.54) is 32.5 Å². The molecule has 1 atom stereocenters. The lowest BCUT2D eigenvalue weighted by Crippen LogP contribution is -2.55. The molecule has 2 rings (SSSR count). The van der Waals surface area contributed by atoms with Crippen molar-refractivity contribution in [3.8, 4) is 22.1 Å². The second-order valence-electron chi connectivity index (χ2n) is 6.03. The molecule has 0 fully saturated rings. The molecule has 1 aromatic carbocycles. The van der Waals surface area contributed by atoms with Gasteiger partial charge in [-0.05, 0) is 32.0 Å². The van der Waals surface area contributed by atoms with Crippen molar-refractivity contribution < 1.29 is 28.9 Å². The number of amides is 1. The number of carboxylic acid groups (broad SMARTS) is 1. The number of aromatic nitrogens is 1. The van der Waals surface area contributed by atoms with E-state index in [1.54, 1.807) is 26.2 Å². The average molecular weight is 394 g/mol. The molecule has 0 aliphatic rings. The van der Waals surface area contributed by atoms with Gasteiger partial charge in [0.2, 0.25) is 0 Å². The maximum Gasteiger partial charge on any atom is 0.331 e. The smallest absolute Gasteiger partial charge is 0.331 e. The van der Waals surface area contributed by atoms with Crippen molar-refractivity contribution in [2.75, 3.05) is 27.9 Å². The normalized spacial score (nSPS) is 12.9. The quantitative estimate of drug-likeness (QED) is 0.708. The molecule has 0 bridgehead atoms. The molecule has 0 aliphatic heterocycles. The van der Waals surface area contributed by atoms with Crippen LogP contribution >= 0.6 is 11.3 Å². The number of rotatable bonds is 8. The summed E-state index contributed by atoms with van der Waals surface area (Å²) in [6, 6.07) is 5.34. The van der Waals surface area contributed by atoms with Crippen molar-refractivity contribution in [3.63, 3.8) is 0 Å². The summed E-state index contributed by atoms with van der Waals surface area (Å²) in [4.78, 5) is 28.9. The first-order chi connectivity index (χ1) is 12.8. The largest absolute Gasteiger partial charge is 0.493 e. The number of thiazole rings is 1. The number of ether oxygens (including phenoxy) is 3. The zero-order chi connectivity index (χ0) is 20.2. The number of hydrogen-bond donors (Lipinski definition) is 2. The van der Waals surface area contributed by atoms with Crippen LogP contribution in [0.25, 0.3) is 10.6 Å². The molecule has 27 heavy (non-hydrogen) atoms. The Morgan fingerprint density at radius 3 is 2.44 bits per heavy atom. The Kier molecular flexibility index (Phi) is 6.40.